The van der Waals surface area contributed by atoms with Crippen LogP contribution in [0.4, 0.5) is 5.69 Å². The number of carbonyl (C=O) groups excluding carboxylic acids is 1. The van der Waals surface area contributed by atoms with E-state index >= 15 is 0 Å². The lowest BCUT2D eigenvalue weighted by Gasteiger charge is -2.29. The van der Waals surface area contributed by atoms with Crippen molar-refractivity contribution in [1.29, 1.82) is 0 Å². The lowest BCUT2D eigenvalue weighted by Crippen LogP contribution is -2.37. The molecule has 2 aromatic carbocycles. The van der Waals surface area contributed by atoms with Gasteiger partial charge in [-0.2, -0.15) is 0 Å². The van der Waals surface area contributed by atoms with E-state index in [4.69, 9.17) is 4.74 Å². The highest BCUT2D eigenvalue weighted by atomic mass is 16.5. The standard InChI is InChI=1S/C20H20N2O2/c23-20(22-12-13-24-19-10-4-3-9-18(19)22)11-5-6-15-14-21-17-8-2-1-7-16(15)17/h1-4,7-10,14,21H,5-6,11-13H2. The minimum atomic E-state index is 0.172. The number of rotatable bonds is 4. The Morgan fingerprint density at radius 1 is 1.12 bits per heavy atom. The molecule has 0 aliphatic carbocycles. The van der Waals surface area contributed by atoms with E-state index in [1.807, 2.05) is 35.2 Å². The molecule has 0 radical (unpaired) electrons. The highest BCUT2D eigenvalue weighted by Crippen LogP contribution is 2.31. The van der Waals surface area contributed by atoms with Gasteiger partial charge in [0.2, 0.25) is 5.91 Å². The smallest absolute Gasteiger partial charge is 0.227 e. The number of nitrogens with one attached hydrogen (secondary N) is 1. The Kier molecular flexibility index (Phi) is 3.95. The van der Waals surface area contributed by atoms with Crippen LogP contribution in [0.25, 0.3) is 10.9 Å². The largest absolute Gasteiger partial charge is 0.490 e. The minimum absolute atomic E-state index is 0.172. The van der Waals surface area contributed by atoms with Crippen molar-refractivity contribution < 1.29 is 9.53 Å². The van der Waals surface area contributed by atoms with Gasteiger partial charge in [0.05, 0.1) is 12.2 Å². The molecule has 4 heteroatoms. The van der Waals surface area contributed by atoms with Gasteiger partial charge in [0.25, 0.3) is 0 Å². The molecular formula is C20H20N2O2. The van der Waals surface area contributed by atoms with E-state index in [9.17, 15) is 4.79 Å². The number of aryl methyl sites for hydroxylation is 1. The monoisotopic (exact) mass is 320 g/mol. The van der Waals surface area contributed by atoms with E-state index < -0.39 is 0 Å². The highest BCUT2D eigenvalue weighted by Gasteiger charge is 2.22. The van der Waals surface area contributed by atoms with Crippen molar-refractivity contribution in [2.75, 3.05) is 18.1 Å². The van der Waals surface area contributed by atoms with Gasteiger partial charge in [-0.1, -0.05) is 30.3 Å². The van der Waals surface area contributed by atoms with Crippen molar-refractivity contribution in [3.8, 4) is 5.75 Å². The fraction of sp³-hybridized carbons (Fsp3) is 0.250. The van der Waals surface area contributed by atoms with E-state index in [1.165, 1.54) is 10.9 Å². The Morgan fingerprint density at radius 2 is 1.96 bits per heavy atom. The number of amides is 1. The normalized spacial score (nSPS) is 13.6. The Labute approximate surface area is 141 Å². The molecule has 1 amide bonds. The molecule has 1 aliphatic rings. The molecule has 1 N–H and O–H groups in total. The molecule has 2 heterocycles. The SMILES string of the molecule is O=C(CCCc1c[nH]c2ccccc12)N1CCOc2ccccc21. The lowest BCUT2D eigenvalue weighted by atomic mass is 10.1. The second-order valence-electron chi connectivity index (χ2n) is 6.07. The number of nitrogens with zero attached hydrogens (tertiary/aromatic N) is 1. The van der Waals surface area contributed by atoms with E-state index in [2.05, 4.69) is 29.4 Å². The zero-order valence-corrected chi connectivity index (χ0v) is 13.5. The molecule has 4 nitrogen and oxygen atoms in total. The van der Waals surface area contributed by atoms with Crippen LogP contribution in [0, 0.1) is 0 Å². The van der Waals surface area contributed by atoms with Gasteiger partial charge < -0.3 is 14.6 Å². The zero-order chi connectivity index (χ0) is 16.4. The second-order valence-corrected chi connectivity index (χ2v) is 6.07. The summed E-state index contributed by atoms with van der Waals surface area (Å²) in [4.78, 5) is 17.8. The third kappa shape index (κ3) is 2.75. The van der Waals surface area contributed by atoms with E-state index in [0.29, 0.717) is 19.6 Å². The fourth-order valence-electron chi connectivity index (χ4n) is 3.33. The van der Waals surface area contributed by atoms with Crippen molar-refractivity contribution in [2.24, 2.45) is 0 Å². The zero-order valence-electron chi connectivity index (χ0n) is 13.5. The van der Waals surface area contributed by atoms with Gasteiger partial charge in [-0.3, -0.25) is 4.79 Å². The van der Waals surface area contributed by atoms with Crippen molar-refractivity contribution in [3.63, 3.8) is 0 Å². The molecule has 0 fully saturated rings. The Balaban J connectivity index is 1.41. The summed E-state index contributed by atoms with van der Waals surface area (Å²) < 4.78 is 5.62. The van der Waals surface area contributed by atoms with Crippen molar-refractivity contribution >= 4 is 22.5 Å². The van der Waals surface area contributed by atoms with Crippen LogP contribution in [-0.4, -0.2) is 24.0 Å². The topological polar surface area (TPSA) is 45.3 Å². The first-order chi connectivity index (χ1) is 11.8. The van der Waals surface area contributed by atoms with Gasteiger partial charge in [0.15, 0.2) is 0 Å². The number of anilines is 1. The summed E-state index contributed by atoms with van der Waals surface area (Å²) in [6, 6.07) is 16.0. The van der Waals surface area contributed by atoms with Crippen LogP contribution in [-0.2, 0) is 11.2 Å². The molecule has 0 spiro atoms. The van der Waals surface area contributed by atoms with E-state index in [-0.39, 0.29) is 5.91 Å². The highest BCUT2D eigenvalue weighted by molar-refractivity contribution is 5.95. The number of hydrogen-bond acceptors (Lipinski definition) is 2. The summed E-state index contributed by atoms with van der Waals surface area (Å²) in [6.45, 7) is 1.19. The summed E-state index contributed by atoms with van der Waals surface area (Å²) in [5, 5.41) is 1.25. The summed E-state index contributed by atoms with van der Waals surface area (Å²) in [5.74, 6) is 0.972. The molecule has 0 bridgehead atoms. The number of H-pyrrole nitrogens is 1. The van der Waals surface area contributed by atoms with Crippen molar-refractivity contribution in [1.82, 2.24) is 4.98 Å². The number of fused-ring (bicyclic) bond motifs is 2. The van der Waals surface area contributed by atoms with Crippen LogP contribution < -0.4 is 9.64 Å². The van der Waals surface area contributed by atoms with Gasteiger partial charge in [-0.25, -0.2) is 0 Å². The molecule has 1 aliphatic heterocycles. The molecule has 0 saturated carbocycles. The average Bonchev–Trinajstić information content (AvgIpc) is 3.04. The van der Waals surface area contributed by atoms with Crippen molar-refractivity contribution in [3.05, 3.63) is 60.3 Å². The number of carbonyl (C=O) groups is 1. The minimum Gasteiger partial charge on any atom is -0.490 e. The summed E-state index contributed by atoms with van der Waals surface area (Å²) >= 11 is 0. The number of hydrogen-bond donors (Lipinski definition) is 1. The third-order valence-electron chi connectivity index (χ3n) is 4.54. The molecule has 0 unspecified atom stereocenters. The predicted octanol–water partition coefficient (Wildman–Crippen LogP) is 3.92. The number of aromatic nitrogens is 1. The molecule has 122 valence electrons. The number of aromatic amines is 1. The summed E-state index contributed by atoms with van der Waals surface area (Å²) in [7, 11) is 0. The fourth-order valence-corrected chi connectivity index (χ4v) is 3.33. The maximum absolute atomic E-state index is 12.6. The van der Waals surface area contributed by atoms with Crippen LogP contribution in [0.3, 0.4) is 0 Å². The summed E-state index contributed by atoms with van der Waals surface area (Å²) in [5.41, 5.74) is 3.32. The second kappa shape index (κ2) is 6.40. The van der Waals surface area contributed by atoms with E-state index in [0.717, 1.165) is 29.8 Å². The molecular weight excluding hydrogens is 300 g/mol. The van der Waals surface area contributed by atoms with Gasteiger partial charge in [-0.05, 0) is 36.6 Å². The maximum atomic E-state index is 12.6. The molecule has 3 aromatic rings. The first kappa shape index (κ1) is 14.8. The van der Waals surface area contributed by atoms with Crippen LogP contribution in [0.2, 0.25) is 0 Å². The quantitative estimate of drug-likeness (QED) is 0.792. The maximum Gasteiger partial charge on any atom is 0.227 e. The Hall–Kier alpha value is -2.75. The third-order valence-corrected chi connectivity index (χ3v) is 4.54. The predicted molar refractivity (Wildman–Crippen MR) is 95.5 cm³/mol. The molecule has 24 heavy (non-hydrogen) atoms. The number of para-hydroxylation sites is 3. The van der Waals surface area contributed by atoms with Gasteiger partial charge in [0.1, 0.15) is 12.4 Å². The van der Waals surface area contributed by atoms with Gasteiger partial charge in [0, 0.05) is 23.5 Å². The Bertz CT molecular complexity index is 869. The average molecular weight is 320 g/mol. The van der Waals surface area contributed by atoms with Crippen molar-refractivity contribution in [2.45, 2.75) is 19.3 Å². The summed E-state index contributed by atoms with van der Waals surface area (Å²) in [6.07, 6.45) is 4.36. The van der Waals surface area contributed by atoms with Gasteiger partial charge >= 0.3 is 0 Å². The van der Waals surface area contributed by atoms with Crippen LogP contribution in [0.5, 0.6) is 5.75 Å². The molecule has 0 atom stereocenters. The first-order valence-electron chi connectivity index (χ1n) is 8.40. The lowest BCUT2D eigenvalue weighted by molar-refractivity contribution is -0.118. The molecule has 4 rings (SSSR count). The first-order valence-corrected chi connectivity index (χ1v) is 8.40. The Morgan fingerprint density at radius 3 is 2.92 bits per heavy atom. The van der Waals surface area contributed by atoms with Gasteiger partial charge in [-0.15, -0.1) is 0 Å². The molecule has 1 aromatic heterocycles. The molecule has 0 saturated heterocycles. The number of ether oxygens (including phenoxy) is 1. The number of benzene rings is 2. The van der Waals surface area contributed by atoms with Crippen LogP contribution >= 0.6 is 0 Å². The van der Waals surface area contributed by atoms with Crippen LogP contribution in [0.15, 0.2) is 54.7 Å². The van der Waals surface area contributed by atoms with E-state index in [1.54, 1.807) is 0 Å². The van der Waals surface area contributed by atoms with Crippen LogP contribution in [0.1, 0.15) is 18.4 Å².